The summed E-state index contributed by atoms with van der Waals surface area (Å²) in [6.45, 7) is 3.29. The van der Waals surface area contributed by atoms with Crippen LogP contribution < -0.4 is 20.5 Å². The minimum atomic E-state index is 0.0636. The van der Waals surface area contributed by atoms with Crippen molar-refractivity contribution in [3.63, 3.8) is 0 Å². The second-order valence-corrected chi connectivity index (χ2v) is 5.19. The predicted molar refractivity (Wildman–Crippen MR) is 83.5 cm³/mol. The fourth-order valence-electron chi connectivity index (χ4n) is 2.09. The number of amides is 1. The number of rotatable bonds is 9. The Morgan fingerprint density at radius 1 is 1.24 bits per heavy atom. The third-order valence-electron chi connectivity index (χ3n) is 3.46. The number of hydrogen-bond acceptors (Lipinski definition) is 4. The Morgan fingerprint density at radius 3 is 2.57 bits per heavy atom. The summed E-state index contributed by atoms with van der Waals surface area (Å²) in [6.07, 6.45) is 2.37. The molecule has 0 radical (unpaired) electrons. The molecule has 0 saturated carbocycles. The average Bonchev–Trinajstić information content (AvgIpc) is 2.50. The SMILES string of the molecule is COc1ccc(CNC(=O)CCC(C)CCN)cc1OC. The van der Waals surface area contributed by atoms with Crippen LogP contribution >= 0.6 is 0 Å². The topological polar surface area (TPSA) is 73.6 Å². The van der Waals surface area contributed by atoms with Crippen molar-refractivity contribution in [2.75, 3.05) is 20.8 Å². The number of carbonyl (C=O) groups is 1. The highest BCUT2D eigenvalue weighted by molar-refractivity contribution is 5.75. The summed E-state index contributed by atoms with van der Waals surface area (Å²) in [7, 11) is 3.20. The molecule has 1 rings (SSSR count). The highest BCUT2D eigenvalue weighted by atomic mass is 16.5. The molecule has 0 saturated heterocycles. The van der Waals surface area contributed by atoms with Gasteiger partial charge in [0.25, 0.3) is 0 Å². The Labute approximate surface area is 126 Å². The first-order valence-corrected chi connectivity index (χ1v) is 7.28. The zero-order chi connectivity index (χ0) is 15.7. The Morgan fingerprint density at radius 2 is 1.95 bits per heavy atom. The Kier molecular flexibility index (Phi) is 7.61. The average molecular weight is 294 g/mol. The Balaban J connectivity index is 2.42. The second-order valence-electron chi connectivity index (χ2n) is 5.19. The summed E-state index contributed by atoms with van der Waals surface area (Å²) >= 11 is 0. The first-order valence-electron chi connectivity index (χ1n) is 7.28. The van der Waals surface area contributed by atoms with Crippen LogP contribution in [-0.2, 0) is 11.3 Å². The number of ether oxygens (including phenoxy) is 2. The van der Waals surface area contributed by atoms with Crippen LogP contribution in [0.5, 0.6) is 11.5 Å². The van der Waals surface area contributed by atoms with Crippen LogP contribution in [0.1, 0.15) is 31.7 Å². The first kappa shape index (κ1) is 17.3. The van der Waals surface area contributed by atoms with Crippen LogP contribution in [0.3, 0.4) is 0 Å². The molecular weight excluding hydrogens is 268 g/mol. The van der Waals surface area contributed by atoms with Crippen molar-refractivity contribution in [2.45, 2.75) is 32.7 Å². The molecule has 0 heterocycles. The van der Waals surface area contributed by atoms with Gasteiger partial charge in [-0.25, -0.2) is 0 Å². The molecule has 0 aliphatic carbocycles. The van der Waals surface area contributed by atoms with E-state index < -0.39 is 0 Å². The number of nitrogens with one attached hydrogen (secondary N) is 1. The Bertz CT molecular complexity index is 449. The van der Waals surface area contributed by atoms with Crippen molar-refractivity contribution in [2.24, 2.45) is 11.7 Å². The van der Waals surface area contributed by atoms with Gasteiger partial charge in [-0.15, -0.1) is 0 Å². The van der Waals surface area contributed by atoms with E-state index >= 15 is 0 Å². The van der Waals surface area contributed by atoms with Crippen LogP contribution in [0.25, 0.3) is 0 Å². The molecule has 1 unspecified atom stereocenters. The van der Waals surface area contributed by atoms with Crippen LogP contribution in [0.4, 0.5) is 0 Å². The summed E-state index contributed by atoms with van der Waals surface area (Å²) < 4.78 is 10.4. The van der Waals surface area contributed by atoms with Crippen LogP contribution in [0.2, 0.25) is 0 Å². The molecule has 118 valence electrons. The van der Waals surface area contributed by atoms with Crippen molar-refractivity contribution >= 4 is 5.91 Å². The molecule has 0 bridgehead atoms. The van der Waals surface area contributed by atoms with Crippen molar-refractivity contribution in [3.05, 3.63) is 23.8 Å². The van der Waals surface area contributed by atoms with Crippen LogP contribution in [0, 0.1) is 5.92 Å². The predicted octanol–water partition coefficient (Wildman–Crippen LogP) is 2.09. The largest absolute Gasteiger partial charge is 0.493 e. The monoisotopic (exact) mass is 294 g/mol. The molecule has 1 amide bonds. The van der Waals surface area contributed by atoms with E-state index in [0.29, 0.717) is 36.9 Å². The molecule has 0 aliphatic rings. The van der Waals surface area contributed by atoms with E-state index in [1.807, 2.05) is 18.2 Å². The quantitative estimate of drug-likeness (QED) is 0.731. The molecule has 21 heavy (non-hydrogen) atoms. The summed E-state index contributed by atoms with van der Waals surface area (Å²) in [6, 6.07) is 5.62. The number of hydrogen-bond donors (Lipinski definition) is 2. The smallest absolute Gasteiger partial charge is 0.220 e. The van der Waals surface area contributed by atoms with Crippen molar-refractivity contribution in [1.82, 2.24) is 5.32 Å². The van der Waals surface area contributed by atoms with Gasteiger partial charge in [0.05, 0.1) is 14.2 Å². The van der Waals surface area contributed by atoms with Gasteiger partial charge in [0.2, 0.25) is 5.91 Å². The summed E-state index contributed by atoms with van der Waals surface area (Å²) in [5.41, 5.74) is 6.48. The van der Waals surface area contributed by atoms with Crippen LogP contribution in [-0.4, -0.2) is 26.7 Å². The van der Waals surface area contributed by atoms with Crippen molar-refractivity contribution in [3.8, 4) is 11.5 Å². The molecule has 3 N–H and O–H groups in total. The highest BCUT2D eigenvalue weighted by Gasteiger charge is 2.08. The van der Waals surface area contributed by atoms with E-state index in [9.17, 15) is 4.79 Å². The van der Waals surface area contributed by atoms with Gasteiger partial charge in [0, 0.05) is 13.0 Å². The molecular formula is C16H26N2O3. The molecule has 5 heteroatoms. The van der Waals surface area contributed by atoms with E-state index in [0.717, 1.165) is 18.4 Å². The minimum absolute atomic E-state index is 0.0636. The van der Waals surface area contributed by atoms with E-state index in [1.165, 1.54) is 0 Å². The van der Waals surface area contributed by atoms with Gasteiger partial charge in [-0.2, -0.15) is 0 Å². The van der Waals surface area contributed by atoms with Gasteiger partial charge in [0.1, 0.15) is 0 Å². The van der Waals surface area contributed by atoms with Gasteiger partial charge >= 0.3 is 0 Å². The maximum absolute atomic E-state index is 11.8. The fourth-order valence-corrected chi connectivity index (χ4v) is 2.09. The zero-order valence-corrected chi connectivity index (χ0v) is 13.1. The second kappa shape index (κ2) is 9.23. The van der Waals surface area contributed by atoms with E-state index in [4.69, 9.17) is 15.2 Å². The van der Waals surface area contributed by atoms with Gasteiger partial charge in [0.15, 0.2) is 11.5 Å². The minimum Gasteiger partial charge on any atom is -0.493 e. The molecule has 1 aromatic rings. The third kappa shape index (κ3) is 6.04. The molecule has 0 spiro atoms. The molecule has 5 nitrogen and oxygen atoms in total. The molecule has 0 aromatic heterocycles. The van der Waals surface area contributed by atoms with Gasteiger partial charge in [-0.05, 0) is 43.0 Å². The lowest BCUT2D eigenvalue weighted by Crippen LogP contribution is -2.23. The van der Waals surface area contributed by atoms with E-state index in [1.54, 1.807) is 14.2 Å². The van der Waals surface area contributed by atoms with Gasteiger partial charge in [-0.1, -0.05) is 13.0 Å². The van der Waals surface area contributed by atoms with Crippen molar-refractivity contribution < 1.29 is 14.3 Å². The third-order valence-corrected chi connectivity index (χ3v) is 3.46. The number of benzene rings is 1. The maximum atomic E-state index is 11.8. The Hall–Kier alpha value is -1.75. The number of methoxy groups -OCH3 is 2. The maximum Gasteiger partial charge on any atom is 0.220 e. The molecule has 0 aliphatic heterocycles. The lowest BCUT2D eigenvalue weighted by Gasteiger charge is -2.11. The lowest BCUT2D eigenvalue weighted by atomic mass is 10.0. The van der Waals surface area contributed by atoms with E-state index in [-0.39, 0.29) is 5.91 Å². The summed E-state index contributed by atoms with van der Waals surface area (Å²) in [5.74, 6) is 1.90. The summed E-state index contributed by atoms with van der Waals surface area (Å²) in [5, 5.41) is 2.92. The van der Waals surface area contributed by atoms with Crippen LogP contribution in [0.15, 0.2) is 18.2 Å². The van der Waals surface area contributed by atoms with Gasteiger partial charge in [-0.3, -0.25) is 4.79 Å². The number of carbonyl (C=O) groups excluding carboxylic acids is 1. The fraction of sp³-hybridized carbons (Fsp3) is 0.562. The number of nitrogens with two attached hydrogens (primary N) is 1. The first-order chi connectivity index (χ1) is 10.1. The van der Waals surface area contributed by atoms with Gasteiger partial charge < -0.3 is 20.5 Å². The van der Waals surface area contributed by atoms with Crippen molar-refractivity contribution in [1.29, 1.82) is 0 Å². The molecule has 1 aromatic carbocycles. The molecule has 1 atom stereocenters. The van der Waals surface area contributed by atoms with E-state index in [2.05, 4.69) is 12.2 Å². The lowest BCUT2D eigenvalue weighted by molar-refractivity contribution is -0.121. The normalized spacial score (nSPS) is 11.8. The molecule has 0 fully saturated rings. The highest BCUT2D eigenvalue weighted by Crippen LogP contribution is 2.27. The zero-order valence-electron chi connectivity index (χ0n) is 13.1. The standard InChI is InChI=1S/C16H26N2O3/c1-12(8-9-17)4-7-16(19)18-11-13-5-6-14(20-2)15(10-13)21-3/h5-6,10,12H,4,7-9,11,17H2,1-3H3,(H,18,19). The summed E-state index contributed by atoms with van der Waals surface area (Å²) in [4.78, 5) is 11.8.